The van der Waals surface area contributed by atoms with Crippen LogP contribution in [0.3, 0.4) is 0 Å². The Kier molecular flexibility index (Phi) is 16.6. The molecule has 2 aromatic carbocycles. The molecule has 0 aliphatic carbocycles. The maximum Gasteiger partial charge on any atom is 0.0639 e. The van der Waals surface area contributed by atoms with Crippen molar-refractivity contribution in [2.45, 2.75) is 118 Å². The second-order valence-electron chi connectivity index (χ2n) is 9.69. The van der Waals surface area contributed by atoms with Crippen LogP contribution in [0, 0.1) is 0 Å². The zero-order valence-electron chi connectivity index (χ0n) is 22.9. The van der Waals surface area contributed by atoms with Gasteiger partial charge in [-0.25, -0.2) is 0 Å². The average Bonchev–Trinajstić information content (AvgIpc) is 2.81. The van der Waals surface area contributed by atoms with E-state index in [-0.39, 0.29) is 16.5 Å². The van der Waals surface area contributed by atoms with Crippen molar-refractivity contribution < 1.29 is 16.5 Å². The number of aryl methyl sites for hydroxylation is 4. The summed E-state index contributed by atoms with van der Waals surface area (Å²) in [5.74, 6) is 0. The fourth-order valence-electron chi connectivity index (χ4n) is 4.55. The number of unbranched alkanes of at least 4 members (excludes halogenated alkanes) is 3. The molecule has 0 spiro atoms. The Labute approximate surface area is 226 Å². The molecule has 0 aliphatic heterocycles. The molecule has 0 unspecified atom stereocenters. The molecule has 0 saturated carbocycles. The first-order valence-corrected chi connectivity index (χ1v) is 14.0. The third-order valence-electron chi connectivity index (χ3n) is 6.15. The fraction of sp³-hybridized carbons (Fsp3) is 0.562. The number of hydrogen-bond acceptors (Lipinski definition) is 2. The van der Waals surface area contributed by atoms with Crippen LogP contribution in [-0.4, -0.2) is 11.9 Å². The molecule has 2 nitrogen and oxygen atoms in total. The Hall–Kier alpha value is -1.73. The van der Waals surface area contributed by atoms with Gasteiger partial charge in [0, 0.05) is 22.7 Å². The molecule has 2 aromatic rings. The maximum atomic E-state index is 5.14. The van der Waals surface area contributed by atoms with Gasteiger partial charge in [-0.2, -0.15) is 0 Å². The van der Waals surface area contributed by atoms with E-state index in [4.69, 9.17) is 9.98 Å². The van der Waals surface area contributed by atoms with Crippen LogP contribution in [0.15, 0.2) is 46.4 Å². The predicted octanol–water partition coefficient (Wildman–Crippen LogP) is 9.94. The summed E-state index contributed by atoms with van der Waals surface area (Å²) in [5, 5.41) is 0. The molecule has 196 valence electrons. The van der Waals surface area contributed by atoms with Gasteiger partial charge in [0.2, 0.25) is 0 Å². The van der Waals surface area contributed by atoms with Gasteiger partial charge in [-0.15, -0.1) is 0 Å². The second-order valence-corrected chi connectivity index (χ2v) is 9.69. The quantitative estimate of drug-likeness (QED) is 0.120. The van der Waals surface area contributed by atoms with Gasteiger partial charge in [0.25, 0.3) is 0 Å². The van der Waals surface area contributed by atoms with Gasteiger partial charge in [0.15, 0.2) is 0 Å². The zero-order valence-corrected chi connectivity index (χ0v) is 23.9. The number of hydrogen-bond donors (Lipinski definition) is 0. The van der Waals surface area contributed by atoms with E-state index < -0.39 is 0 Å². The minimum Gasteiger partial charge on any atom is -0.255 e. The summed E-state index contributed by atoms with van der Waals surface area (Å²) >= 11 is 0. The smallest absolute Gasteiger partial charge is 0.0639 e. The molecule has 0 atom stereocenters. The van der Waals surface area contributed by atoms with E-state index in [1.165, 1.54) is 47.9 Å². The first kappa shape index (κ1) is 31.3. The summed E-state index contributed by atoms with van der Waals surface area (Å²) in [6.45, 7) is 11.3. The van der Waals surface area contributed by atoms with Crippen molar-refractivity contribution in [3.8, 4) is 0 Å². The van der Waals surface area contributed by atoms with E-state index in [0.717, 1.165) is 74.9 Å². The molecule has 0 saturated heterocycles. The van der Waals surface area contributed by atoms with Gasteiger partial charge in [0.1, 0.15) is 0 Å². The van der Waals surface area contributed by atoms with Crippen LogP contribution in [0.2, 0.25) is 0 Å². The van der Waals surface area contributed by atoms with E-state index in [1.54, 1.807) is 0 Å². The fourth-order valence-corrected chi connectivity index (χ4v) is 4.55. The van der Waals surface area contributed by atoms with E-state index in [0.29, 0.717) is 0 Å². The maximum absolute atomic E-state index is 5.14. The molecule has 35 heavy (non-hydrogen) atoms. The van der Waals surface area contributed by atoms with Crippen molar-refractivity contribution in [3.05, 3.63) is 58.7 Å². The van der Waals surface area contributed by atoms with Gasteiger partial charge < -0.3 is 0 Å². The van der Waals surface area contributed by atoms with E-state index in [2.05, 4.69) is 71.0 Å². The summed E-state index contributed by atoms with van der Waals surface area (Å²) in [5.41, 5.74) is 8.89. The number of aliphatic imine (C=N–C) groups is 2. The monoisotopic (exact) mass is 518 g/mol. The topological polar surface area (TPSA) is 24.7 Å². The minimum atomic E-state index is 0. The van der Waals surface area contributed by atoms with Gasteiger partial charge in [-0.05, 0) is 85.0 Å². The van der Waals surface area contributed by atoms with Crippen molar-refractivity contribution in [2.24, 2.45) is 9.98 Å². The van der Waals surface area contributed by atoms with Gasteiger partial charge >= 0.3 is 0 Å². The summed E-state index contributed by atoms with van der Waals surface area (Å²) in [4.78, 5) is 10.1. The molecule has 3 heteroatoms. The number of rotatable bonds is 16. The van der Waals surface area contributed by atoms with Crippen LogP contribution in [0.4, 0.5) is 11.4 Å². The molecule has 0 amide bonds. The second kappa shape index (κ2) is 18.5. The van der Waals surface area contributed by atoms with Gasteiger partial charge in [0.05, 0.1) is 17.1 Å². The first-order valence-electron chi connectivity index (χ1n) is 14.0. The van der Waals surface area contributed by atoms with E-state index in [1.807, 2.05) is 6.21 Å². The summed E-state index contributed by atoms with van der Waals surface area (Å²) in [6, 6.07) is 13.8. The molecule has 0 fully saturated rings. The molecule has 0 heterocycles. The van der Waals surface area contributed by atoms with Crippen LogP contribution in [0.5, 0.6) is 0 Å². The Morgan fingerprint density at radius 1 is 0.571 bits per heavy atom. The first-order chi connectivity index (χ1) is 16.6. The molecule has 0 bridgehead atoms. The Balaban J connectivity index is 0.00000612. The van der Waals surface area contributed by atoms with Crippen LogP contribution in [0.1, 0.15) is 115 Å². The molecule has 0 aromatic heterocycles. The van der Waals surface area contributed by atoms with E-state index >= 15 is 0 Å². The van der Waals surface area contributed by atoms with Crippen LogP contribution in [-0.2, 0) is 42.2 Å². The van der Waals surface area contributed by atoms with Gasteiger partial charge in [-0.3, -0.25) is 9.98 Å². The number of benzene rings is 2. The van der Waals surface area contributed by atoms with Gasteiger partial charge in [-0.1, -0.05) is 91.7 Å². The molecule has 0 radical (unpaired) electrons. The third kappa shape index (κ3) is 12.2. The summed E-state index contributed by atoms with van der Waals surface area (Å²) in [7, 11) is 0. The molecular formula is C32H48N2Ni. The van der Waals surface area contributed by atoms with Crippen molar-refractivity contribution in [3.63, 3.8) is 0 Å². The summed E-state index contributed by atoms with van der Waals surface area (Å²) < 4.78 is 0. The largest absolute Gasteiger partial charge is 0.255 e. The molecule has 0 N–H and O–H groups in total. The van der Waals surface area contributed by atoms with Crippen molar-refractivity contribution in [1.82, 2.24) is 0 Å². The molecular weight excluding hydrogens is 471 g/mol. The zero-order chi connectivity index (χ0) is 24.6. The Morgan fingerprint density at radius 2 is 1.03 bits per heavy atom. The van der Waals surface area contributed by atoms with Crippen molar-refractivity contribution >= 4 is 23.3 Å². The van der Waals surface area contributed by atoms with Crippen molar-refractivity contribution in [1.29, 1.82) is 0 Å². The number of nitrogens with zero attached hydrogens (tertiary/aromatic N) is 2. The van der Waals surface area contributed by atoms with Crippen LogP contribution >= 0.6 is 0 Å². The SMILES string of the molecule is CCCCCCC(C=Nc1cc(CCC)cc(CCC)c1)=Nc1cc(CCC)cc(CCC)c1.[Ni]. The van der Waals surface area contributed by atoms with Crippen LogP contribution in [0.25, 0.3) is 0 Å². The Bertz CT molecular complexity index is 865. The average molecular weight is 519 g/mol. The van der Waals surface area contributed by atoms with Crippen molar-refractivity contribution in [2.75, 3.05) is 0 Å². The molecule has 2 rings (SSSR count). The standard InChI is InChI=1S/C32H48N2.Ni/c1-6-11-12-13-18-30(34-32-23-28(16-9-4)20-29(24-32)17-10-5)25-33-31-21-26(14-7-2)19-27(22-31)15-8-3;/h19-25H,6-18H2,1-5H3;. The van der Waals surface area contributed by atoms with E-state index in [9.17, 15) is 0 Å². The predicted molar refractivity (Wildman–Crippen MR) is 153 cm³/mol. The Morgan fingerprint density at radius 3 is 1.46 bits per heavy atom. The normalized spacial score (nSPS) is 11.7. The summed E-state index contributed by atoms with van der Waals surface area (Å²) in [6.07, 6.45) is 17.1. The third-order valence-corrected chi connectivity index (χ3v) is 6.15. The molecule has 0 aliphatic rings. The van der Waals surface area contributed by atoms with Crippen LogP contribution < -0.4 is 0 Å². The minimum absolute atomic E-state index is 0.